The summed E-state index contributed by atoms with van der Waals surface area (Å²) in [6.07, 6.45) is 23.5. The summed E-state index contributed by atoms with van der Waals surface area (Å²) in [5, 5.41) is 11.4. The van der Waals surface area contributed by atoms with Crippen molar-refractivity contribution in [1.82, 2.24) is 5.32 Å². The van der Waals surface area contributed by atoms with Gasteiger partial charge in [-0.1, -0.05) is 96.3 Å². The fraction of sp³-hybridized carbons (Fsp3) is 0.900. The first-order valence-corrected chi connectivity index (χ1v) is 14.9. The van der Waals surface area contributed by atoms with Crippen LogP contribution < -0.4 is 5.32 Å². The SMILES string of the molecule is CC(C)(C)OC(=O)NCCCCCCCCCCCC(=O)CCCCCCCCCCCCC(=O)O. The molecule has 0 fully saturated rings. The van der Waals surface area contributed by atoms with Crippen molar-refractivity contribution in [2.75, 3.05) is 6.54 Å². The first-order chi connectivity index (χ1) is 17.2. The van der Waals surface area contributed by atoms with E-state index in [2.05, 4.69) is 5.32 Å². The highest BCUT2D eigenvalue weighted by atomic mass is 16.6. The lowest BCUT2D eigenvalue weighted by Crippen LogP contribution is -2.32. The van der Waals surface area contributed by atoms with E-state index in [9.17, 15) is 14.4 Å². The van der Waals surface area contributed by atoms with Crippen LogP contribution in [0.15, 0.2) is 0 Å². The van der Waals surface area contributed by atoms with E-state index in [1.54, 1.807) is 0 Å². The molecule has 0 bridgehead atoms. The lowest BCUT2D eigenvalue weighted by molar-refractivity contribution is -0.137. The highest BCUT2D eigenvalue weighted by Crippen LogP contribution is 2.14. The Hall–Kier alpha value is -1.59. The molecule has 0 aromatic heterocycles. The zero-order chi connectivity index (χ0) is 26.9. The second-order valence-electron chi connectivity index (χ2n) is 11.3. The van der Waals surface area contributed by atoms with E-state index < -0.39 is 11.6 Å². The minimum absolute atomic E-state index is 0.305. The molecular weight excluding hydrogens is 454 g/mol. The van der Waals surface area contributed by atoms with Crippen LogP contribution in [-0.2, 0) is 14.3 Å². The predicted molar refractivity (Wildman–Crippen MR) is 148 cm³/mol. The third-order valence-corrected chi connectivity index (χ3v) is 6.40. The number of alkyl carbamates (subject to hydrolysis) is 1. The number of carboxylic acids is 1. The predicted octanol–water partition coefficient (Wildman–Crippen LogP) is 8.75. The van der Waals surface area contributed by atoms with Crippen molar-refractivity contribution in [3.63, 3.8) is 0 Å². The monoisotopic (exact) mass is 511 g/mol. The molecule has 6 nitrogen and oxygen atoms in total. The van der Waals surface area contributed by atoms with Crippen LogP contribution in [-0.4, -0.2) is 35.1 Å². The van der Waals surface area contributed by atoms with E-state index >= 15 is 0 Å². The van der Waals surface area contributed by atoms with Crippen LogP contribution in [0.2, 0.25) is 0 Å². The lowest BCUT2D eigenvalue weighted by atomic mass is 10.0. The summed E-state index contributed by atoms with van der Waals surface area (Å²) in [7, 11) is 0. The zero-order valence-electron chi connectivity index (χ0n) is 23.8. The van der Waals surface area contributed by atoms with Gasteiger partial charge in [0.15, 0.2) is 0 Å². The second kappa shape index (κ2) is 23.8. The molecule has 0 radical (unpaired) electrons. The van der Waals surface area contributed by atoms with Gasteiger partial charge in [0.2, 0.25) is 0 Å². The third-order valence-electron chi connectivity index (χ3n) is 6.40. The normalized spacial score (nSPS) is 11.4. The highest BCUT2D eigenvalue weighted by Gasteiger charge is 2.15. The minimum Gasteiger partial charge on any atom is -0.481 e. The number of carbonyl (C=O) groups excluding carboxylic acids is 2. The summed E-state index contributed by atoms with van der Waals surface area (Å²) < 4.78 is 5.22. The molecule has 0 aromatic carbocycles. The van der Waals surface area contributed by atoms with Gasteiger partial charge in [-0.3, -0.25) is 9.59 Å². The van der Waals surface area contributed by atoms with Gasteiger partial charge < -0.3 is 15.2 Å². The van der Waals surface area contributed by atoms with Crippen molar-refractivity contribution < 1.29 is 24.2 Å². The van der Waals surface area contributed by atoms with Gasteiger partial charge in [0.25, 0.3) is 0 Å². The van der Waals surface area contributed by atoms with Gasteiger partial charge in [-0.05, 0) is 46.5 Å². The van der Waals surface area contributed by atoms with Crippen molar-refractivity contribution in [1.29, 1.82) is 0 Å². The Labute approximate surface area is 221 Å². The van der Waals surface area contributed by atoms with Gasteiger partial charge in [0.05, 0.1) is 0 Å². The molecule has 0 aromatic rings. The third kappa shape index (κ3) is 28.6. The Balaban J connectivity index is 3.25. The smallest absolute Gasteiger partial charge is 0.407 e. The number of carbonyl (C=O) groups is 3. The van der Waals surface area contributed by atoms with Gasteiger partial charge >= 0.3 is 12.1 Å². The van der Waals surface area contributed by atoms with Gasteiger partial charge in [-0.2, -0.15) is 0 Å². The maximum absolute atomic E-state index is 12.0. The Morgan fingerprint density at radius 2 is 0.889 bits per heavy atom. The van der Waals surface area contributed by atoms with Crippen LogP contribution in [0, 0.1) is 0 Å². The summed E-state index contributed by atoms with van der Waals surface area (Å²) in [5.74, 6) is -0.244. The van der Waals surface area contributed by atoms with Gasteiger partial charge in [-0.15, -0.1) is 0 Å². The molecule has 0 aliphatic carbocycles. The van der Waals surface area contributed by atoms with Crippen molar-refractivity contribution >= 4 is 17.8 Å². The zero-order valence-corrected chi connectivity index (χ0v) is 23.8. The molecule has 36 heavy (non-hydrogen) atoms. The molecule has 0 saturated carbocycles. The molecule has 0 aliphatic heterocycles. The van der Waals surface area contributed by atoms with Crippen LogP contribution in [0.25, 0.3) is 0 Å². The minimum atomic E-state index is -0.685. The van der Waals surface area contributed by atoms with Crippen LogP contribution in [0.1, 0.15) is 162 Å². The summed E-state index contributed by atoms with van der Waals surface area (Å²) in [4.78, 5) is 34.0. The quantitative estimate of drug-likeness (QED) is 0.119. The Morgan fingerprint density at radius 1 is 0.556 bits per heavy atom. The molecule has 0 unspecified atom stereocenters. The van der Waals surface area contributed by atoms with Gasteiger partial charge in [0.1, 0.15) is 11.4 Å². The molecule has 0 heterocycles. The first kappa shape index (κ1) is 34.4. The van der Waals surface area contributed by atoms with E-state index in [-0.39, 0.29) is 6.09 Å². The molecule has 2 N–H and O–H groups in total. The molecule has 0 atom stereocenters. The van der Waals surface area contributed by atoms with E-state index in [0.717, 1.165) is 57.8 Å². The van der Waals surface area contributed by atoms with Gasteiger partial charge in [0, 0.05) is 25.8 Å². The molecule has 1 amide bonds. The number of aliphatic carboxylic acids is 1. The van der Waals surface area contributed by atoms with E-state index in [0.29, 0.717) is 18.7 Å². The van der Waals surface area contributed by atoms with Crippen LogP contribution in [0.4, 0.5) is 4.79 Å². The van der Waals surface area contributed by atoms with Crippen molar-refractivity contribution in [2.45, 2.75) is 168 Å². The second-order valence-corrected chi connectivity index (χ2v) is 11.3. The highest BCUT2D eigenvalue weighted by molar-refractivity contribution is 5.78. The fourth-order valence-electron chi connectivity index (χ4n) is 4.33. The number of Topliss-reactive ketones (excluding diaryl/α,β-unsaturated/α-hetero) is 1. The summed E-state index contributed by atoms with van der Waals surface area (Å²) in [6, 6.07) is 0. The molecule has 0 aliphatic rings. The number of rotatable bonds is 25. The van der Waals surface area contributed by atoms with E-state index in [4.69, 9.17) is 9.84 Å². The number of hydrogen-bond acceptors (Lipinski definition) is 4. The summed E-state index contributed by atoms with van der Waals surface area (Å²) in [5.41, 5.74) is -0.438. The fourth-order valence-corrected chi connectivity index (χ4v) is 4.33. The maximum Gasteiger partial charge on any atom is 0.407 e. The number of ketones is 1. The van der Waals surface area contributed by atoms with Crippen molar-refractivity contribution in [3.8, 4) is 0 Å². The van der Waals surface area contributed by atoms with Crippen LogP contribution in [0.3, 0.4) is 0 Å². The number of ether oxygens (including phenoxy) is 1. The Morgan fingerprint density at radius 3 is 1.25 bits per heavy atom. The van der Waals surface area contributed by atoms with Crippen LogP contribution >= 0.6 is 0 Å². The maximum atomic E-state index is 12.0. The number of unbranched alkanes of at least 4 members (excludes halogenated alkanes) is 17. The number of hydrogen-bond donors (Lipinski definition) is 2. The average molecular weight is 512 g/mol. The number of amides is 1. The summed E-state index contributed by atoms with van der Waals surface area (Å²) in [6.45, 7) is 6.29. The number of nitrogens with one attached hydrogen (secondary N) is 1. The van der Waals surface area contributed by atoms with Gasteiger partial charge in [-0.25, -0.2) is 4.79 Å². The summed E-state index contributed by atoms with van der Waals surface area (Å²) >= 11 is 0. The molecule has 0 saturated heterocycles. The largest absolute Gasteiger partial charge is 0.481 e. The molecular formula is C30H57NO5. The van der Waals surface area contributed by atoms with Crippen molar-refractivity contribution in [2.24, 2.45) is 0 Å². The lowest BCUT2D eigenvalue weighted by Gasteiger charge is -2.19. The van der Waals surface area contributed by atoms with Crippen LogP contribution in [0.5, 0.6) is 0 Å². The van der Waals surface area contributed by atoms with E-state index in [1.807, 2.05) is 20.8 Å². The standard InChI is InChI=1S/C30H57NO5/c1-30(2,3)36-29(35)31-26-22-18-14-10-6-8-12-16-20-24-27(32)23-19-15-11-7-4-5-9-13-17-21-25-28(33)34/h4-26H2,1-3H3,(H,31,35)(H,33,34). The Bertz CT molecular complexity index is 556. The van der Waals surface area contributed by atoms with E-state index in [1.165, 1.54) is 77.0 Å². The molecule has 0 spiro atoms. The number of carboxylic acid groups (broad SMARTS) is 1. The molecule has 212 valence electrons. The molecule has 6 heteroatoms. The average Bonchev–Trinajstić information content (AvgIpc) is 2.79. The van der Waals surface area contributed by atoms with Crippen molar-refractivity contribution in [3.05, 3.63) is 0 Å². The topological polar surface area (TPSA) is 92.7 Å². The first-order valence-electron chi connectivity index (χ1n) is 14.9. The molecule has 0 rings (SSSR count). The Kier molecular flexibility index (Phi) is 22.7.